The fourth-order valence-electron chi connectivity index (χ4n) is 3.41. The van der Waals surface area contributed by atoms with E-state index < -0.39 is 6.10 Å². The second-order valence-electron chi connectivity index (χ2n) is 6.13. The highest BCUT2D eigenvalue weighted by Gasteiger charge is 2.26. The number of ether oxygens (including phenoxy) is 1. The van der Waals surface area contributed by atoms with Crippen molar-refractivity contribution >= 4 is 10.9 Å². The Balaban J connectivity index is 1.74. The summed E-state index contributed by atoms with van der Waals surface area (Å²) < 4.78 is 5.34. The largest absolute Gasteiger partial charge is 0.389 e. The van der Waals surface area contributed by atoms with E-state index in [-0.39, 0.29) is 0 Å². The van der Waals surface area contributed by atoms with Crippen LogP contribution in [0.2, 0.25) is 0 Å². The molecule has 1 aliphatic rings. The Kier molecular flexibility index (Phi) is 5.13. The van der Waals surface area contributed by atoms with E-state index >= 15 is 0 Å². The van der Waals surface area contributed by atoms with Crippen LogP contribution in [0.4, 0.5) is 0 Å². The van der Waals surface area contributed by atoms with E-state index in [9.17, 15) is 5.11 Å². The maximum atomic E-state index is 10.2. The average Bonchev–Trinajstić information content (AvgIpc) is 2.97. The third-order valence-corrected chi connectivity index (χ3v) is 4.48. The summed E-state index contributed by atoms with van der Waals surface area (Å²) in [7, 11) is 0. The number of aliphatic hydroxyl groups is 1. The maximum Gasteiger partial charge on any atom is 0.0900 e. The molecule has 0 bridgehead atoms. The quantitative estimate of drug-likeness (QED) is 0.862. The predicted octanol–water partition coefficient (Wildman–Crippen LogP) is 3.09. The van der Waals surface area contributed by atoms with Crippen molar-refractivity contribution in [3.8, 4) is 0 Å². The number of fused-ring (bicyclic) bond motifs is 1. The first-order valence-electron chi connectivity index (χ1n) is 8.35. The van der Waals surface area contributed by atoms with Crippen molar-refractivity contribution in [1.82, 2.24) is 9.88 Å². The Labute approximate surface area is 132 Å². The minimum absolute atomic E-state index is 0.373. The maximum absolute atomic E-state index is 10.2. The van der Waals surface area contributed by atoms with Gasteiger partial charge in [-0.25, -0.2) is 0 Å². The number of para-hydroxylation sites is 1. The number of aliphatic hydroxyl groups excluding tert-OH is 1. The summed E-state index contributed by atoms with van der Waals surface area (Å²) in [5.41, 5.74) is 2.46. The van der Waals surface area contributed by atoms with Crippen molar-refractivity contribution in [2.75, 3.05) is 26.3 Å². The van der Waals surface area contributed by atoms with Crippen LogP contribution in [0.15, 0.2) is 30.3 Å². The number of likely N-dealkylation sites (tertiary alicyclic amines) is 1. The van der Waals surface area contributed by atoms with Crippen LogP contribution in [0.1, 0.15) is 37.9 Å². The molecule has 4 heteroatoms. The first-order chi connectivity index (χ1) is 10.8. The van der Waals surface area contributed by atoms with E-state index in [2.05, 4.69) is 40.2 Å². The van der Waals surface area contributed by atoms with E-state index in [4.69, 9.17) is 4.74 Å². The van der Waals surface area contributed by atoms with E-state index in [0.717, 1.165) is 13.0 Å². The van der Waals surface area contributed by atoms with Gasteiger partial charge < -0.3 is 14.8 Å². The molecule has 0 aliphatic carbocycles. The van der Waals surface area contributed by atoms with E-state index in [1.165, 1.54) is 29.4 Å². The van der Waals surface area contributed by atoms with Gasteiger partial charge in [-0.15, -0.1) is 0 Å². The fourth-order valence-corrected chi connectivity index (χ4v) is 3.41. The van der Waals surface area contributed by atoms with Crippen LogP contribution in [0, 0.1) is 0 Å². The van der Waals surface area contributed by atoms with E-state index in [0.29, 0.717) is 25.8 Å². The number of hydrogen-bond acceptors (Lipinski definition) is 3. The van der Waals surface area contributed by atoms with Crippen LogP contribution in [0.3, 0.4) is 0 Å². The molecule has 0 radical (unpaired) electrons. The lowest BCUT2D eigenvalue weighted by molar-refractivity contribution is 0.00474. The van der Waals surface area contributed by atoms with E-state index in [1.54, 1.807) is 0 Å². The molecule has 0 spiro atoms. The number of H-pyrrole nitrogens is 1. The van der Waals surface area contributed by atoms with Gasteiger partial charge >= 0.3 is 0 Å². The number of nitrogens with zero attached hydrogens (tertiary/aromatic N) is 1. The summed E-state index contributed by atoms with van der Waals surface area (Å²) in [5, 5.41) is 11.4. The topological polar surface area (TPSA) is 48.5 Å². The molecule has 1 fully saturated rings. The normalized spacial score (nSPS) is 21.3. The second kappa shape index (κ2) is 7.27. The summed E-state index contributed by atoms with van der Waals surface area (Å²) in [6.07, 6.45) is 3.19. The zero-order valence-electron chi connectivity index (χ0n) is 13.3. The van der Waals surface area contributed by atoms with Crippen LogP contribution in [0.25, 0.3) is 10.9 Å². The standard InChI is InChI=1S/C18H26N2O2/c1-2-22-13-15(21)12-20-10-6-5-9-18(20)17-11-14-7-3-4-8-16(14)19-17/h3-4,7-8,11,15,18-19,21H,2,5-6,9-10,12-13H2,1H3/t15-,18-/m0/s1. The third-order valence-electron chi connectivity index (χ3n) is 4.48. The SMILES string of the molecule is CCOC[C@@H](O)CN1CCCC[C@H]1c1cc2ccccc2[nH]1. The molecule has 2 atom stereocenters. The van der Waals surface area contributed by atoms with Gasteiger partial charge in [-0.3, -0.25) is 4.90 Å². The molecule has 2 heterocycles. The lowest BCUT2D eigenvalue weighted by Gasteiger charge is -2.36. The summed E-state index contributed by atoms with van der Waals surface area (Å²) >= 11 is 0. The van der Waals surface area contributed by atoms with Gasteiger partial charge in [0.25, 0.3) is 0 Å². The van der Waals surface area contributed by atoms with Crippen molar-refractivity contribution in [2.45, 2.75) is 38.3 Å². The van der Waals surface area contributed by atoms with Crippen molar-refractivity contribution < 1.29 is 9.84 Å². The summed E-state index contributed by atoms with van der Waals surface area (Å²) in [4.78, 5) is 5.96. The highest BCUT2D eigenvalue weighted by atomic mass is 16.5. The Bertz CT molecular complexity index is 563. The monoisotopic (exact) mass is 302 g/mol. The number of benzene rings is 1. The predicted molar refractivity (Wildman–Crippen MR) is 89.0 cm³/mol. The molecular weight excluding hydrogens is 276 g/mol. The van der Waals surface area contributed by atoms with Crippen molar-refractivity contribution in [1.29, 1.82) is 0 Å². The lowest BCUT2D eigenvalue weighted by atomic mass is 9.99. The lowest BCUT2D eigenvalue weighted by Crippen LogP contribution is -2.40. The first kappa shape index (κ1) is 15.5. The third kappa shape index (κ3) is 3.51. The van der Waals surface area contributed by atoms with Crippen LogP contribution in [-0.4, -0.2) is 47.4 Å². The average molecular weight is 302 g/mol. The Hall–Kier alpha value is -1.36. The molecule has 22 heavy (non-hydrogen) atoms. The van der Waals surface area contributed by atoms with Crippen molar-refractivity contribution in [3.63, 3.8) is 0 Å². The van der Waals surface area contributed by atoms with Crippen LogP contribution in [0.5, 0.6) is 0 Å². The molecule has 0 unspecified atom stereocenters. The van der Waals surface area contributed by atoms with Gasteiger partial charge in [0, 0.05) is 30.4 Å². The molecule has 2 aromatic rings. The summed E-state index contributed by atoms with van der Waals surface area (Å²) in [6.45, 7) is 4.76. The number of β-amino-alcohol motifs (C(OH)–C–C–N with tert-alkyl or cyclic N) is 1. The van der Waals surface area contributed by atoms with E-state index in [1.807, 2.05) is 6.92 Å². The van der Waals surface area contributed by atoms with Crippen LogP contribution < -0.4 is 0 Å². The first-order valence-corrected chi connectivity index (χ1v) is 8.35. The van der Waals surface area contributed by atoms with Gasteiger partial charge in [0.2, 0.25) is 0 Å². The molecule has 1 aliphatic heterocycles. The Morgan fingerprint density at radius 3 is 3.05 bits per heavy atom. The van der Waals surface area contributed by atoms with Crippen LogP contribution >= 0.6 is 0 Å². The fraction of sp³-hybridized carbons (Fsp3) is 0.556. The smallest absolute Gasteiger partial charge is 0.0900 e. The molecule has 4 nitrogen and oxygen atoms in total. The highest BCUT2D eigenvalue weighted by molar-refractivity contribution is 5.80. The Morgan fingerprint density at radius 2 is 2.23 bits per heavy atom. The second-order valence-corrected chi connectivity index (χ2v) is 6.13. The molecule has 0 amide bonds. The zero-order valence-corrected chi connectivity index (χ0v) is 13.3. The van der Waals surface area contributed by atoms with Crippen molar-refractivity contribution in [3.05, 3.63) is 36.0 Å². The molecule has 1 saturated heterocycles. The molecule has 1 aromatic carbocycles. The number of nitrogens with one attached hydrogen (secondary N) is 1. The Morgan fingerprint density at radius 1 is 1.36 bits per heavy atom. The molecule has 0 saturated carbocycles. The molecule has 3 rings (SSSR count). The number of rotatable bonds is 6. The molecule has 120 valence electrons. The molecule has 2 N–H and O–H groups in total. The summed E-state index contributed by atoms with van der Waals surface area (Å²) in [5.74, 6) is 0. The zero-order chi connectivity index (χ0) is 15.4. The minimum Gasteiger partial charge on any atom is -0.389 e. The minimum atomic E-state index is -0.412. The summed E-state index contributed by atoms with van der Waals surface area (Å²) in [6, 6.07) is 11.0. The number of hydrogen-bond donors (Lipinski definition) is 2. The highest BCUT2D eigenvalue weighted by Crippen LogP contribution is 2.32. The van der Waals surface area contributed by atoms with Gasteiger partial charge in [0.05, 0.1) is 12.7 Å². The van der Waals surface area contributed by atoms with Gasteiger partial charge in [-0.05, 0) is 43.8 Å². The van der Waals surface area contributed by atoms with Crippen LogP contribution in [-0.2, 0) is 4.74 Å². The van der Waals surface area contributed by atoms with Gasteiger partial charge in [-0.1, -0.05) is 24.6 Å². The number of aromatic amines is 1. The van der Waals surface area contributed by atoms with Gasteiger partial charge in [-0.2, -0.15) is 0 Å². The molecule has 1 aromatic heterocycles. The van der Waals surface area contributed by atoms with Crippen molar-refractivity contribution in [2.24, 2.45) is 0 Å². The van der Waals surface area contributed by atoms with Gasteiger partial charge in [0.15, 0.2) is 0 Å². The number of aromatic nitrogens is 1. The molecular formula is C18H26N2O2. The van der Waals surface area contributed by atoms with Gasteiger partial charge in [0.1, 0.15) is 0 Å². The number of piperidine rings is 1.